The van der Waals surface area contributed by atoms with E-state index in [-0.39, 0.29) is 6.04 Å². The molecule has 18 heavy (non-hydrogen) atoms. The lowest BCUT2D eigenvalue weighted by Gasteiger charge is -2.00. The van der Waals surface area contributed by atoms with E-state index in [4.69, 9.17) is 10.3 Å². The molecule has 0 bridgehead atoms. The van der Waals surface area contributed by atoms with Crippen LogP contribution in [0.3, 0.4) is 0 Å². The van der Waals surface area contributed by atoms with E-state index < -0.39 is 0 Å². The highest BCUT2D eigenvalue weighted by molar-refractivity contribution is 9.10. The molecule has 0 radical (unpaired) electrons. The van der Waals surface area contributed by atoms with Gasteiger partial charge in [0.15, 0.2) is 5.82 Å². The van der Waals surface area contributed by atoms with Gasteiger partial charge in [-0.1, -0.05) is 17.3 Å². The molecule has 0 aliphatic heterocycles. The molecule has 0 saturated heterocycles. The molecule has 0 aliphatic rings. The third kappa shape index (κ3) is 3.83. The van der Waals surface area contributed by atoms with Gasteiger partial charge in [0.05, 0.1) is 5.75 Å². The summed E-state index contributed by atoms with van der Waals surface area (Å²) >= 11 is 5.18. The maximum absolute atomic E-state index is 5.68. The third-order valence-electron chi connectivity index (χ3n) is 2.20. The quantitative estimate of drug-likeness (QED) is 0.855. The van der Waals surface area contributed by atoms with E-state index in [0.29, 0.717) is 23.9 Å². The average molecular weight is 328 g/mol. The lowest BCUT2D eigenvalue weighted by atomic mass is 10.2. The van der Waals surface area contributed by atoms with Crippen LogP contribution < -0.4 is 5.73 Å². The van der Waals surface area contributed by atoms with Crippen LogP contribution in [0.15, 0.2) is 38.2 Å². The Kier molecular flexibility index (Phi) is 4.79. The minimum atomic E-state index is 0.0363. The number of hydrogen-bond acceptors (Lipinski definition) is 5. The highest BCUT2D eigenvalue weighted by Gasteiger charge is 2.09. The van der Waals surface area contributed by atoms with Crippen molar-refractivity contribution in [2.24, 2.45) is 5.73 Å². The van der Waals surface area contributed by atoms with Crippen molar-refractivity contribution in [1.82, 2.24) is 10.1 Å². The number of halogens is 1. The van der Waals surface area contributed by atoms with Gasteiger partial charge < -0.3 is 10.3 Å². The maximum atomic E-state index is 5.68. The Labute approximate surface area is 118 Å². The van der Waals surface area contributed by atoms with Crippen molar-refractivity contribution >= 4 is 27.7 Å². The third-order valence-corrected chi connectivity index (χ3v) is 4.22. The summed E-state index contributed by atoms with van der Waals surface area (Å²) in [5, 5.41) is 3.94. The second-order valence-corrected chi connectivity index (χ2v) is 5.88. The molecule has 2 N–H and O–H groups in total. The van der Waals surface area contributed by atoms with Crippen molar-refractivity contribution in [2.45, 2.75) is 30.0 Å². The highest BCUT2D eigenvalue weighted by Crippen LogP contribution is 2.28. The molecular weight excluding hydrogens is 314 g/mol. The van der Waals surface area contributed by atoms with Crippen molar-refractivity contribution in [2.75, 3.05) is 0 Å². The minimum Gasteiger partial charge on any atom is -0.339 e. The van der Waals surface area contributed by atoms with Crippen molar-refractivity contribution in [3.05, 3.63) is 40.5 Å². The molecule has 1 heterocycles. The largest absolute Gasteiger partial charge is 0.339 e. The molecule has 0 amide bonds. The molecule has 0 aliphatic carbocycles. The summed E-state index contributed by atoms with van der Waals surface area (Å²) in [6.45, 7) is 1.92. The Bertz CT molecular complexity index is 516. The SMILES string of the molecule is CC(N)Cc1nc(CSc2ccccc2Br)no1. The first-order valence-corrected chi connectivity index (χ1v) is 7.37. The van der Waals surface area contributed by atoms with E-state index in [0.717, 1.165) is 9.37 Å². The zero-order valence-corrected chi connectivity index (χ0v) is 12.4. The predicted molar refractivity (Wildman–Crippen MR) is 75.4 cm³/mol. The van der Waals surface area contributed by atoms with E-state index in [2.05, 4.69) is 32.1 Å². The molecule has 1 aromatic heterocycles. The number of aromatic nitrogens is 2. The summed E-state index contributed by atoms with van der Waals surface area (Å²) in [6.07, 6.45) is 0.618. The molecule has 0 saturated carbocycles. The molecular formula is C12H14BrN3OS. The van der Waals surface area contributed by atoms with Crippen LogP contribution >= 0.6 is 27.7 Å². The average Bonchev–Trinajstić information content (AvgIpc) is 2.75. The summed E-state index contributed by atoms with van der Waals surface area (Å²) < 4.78 is 6.21. The van der Waals surface area contributed by atoms with Gasteiger partial charge in [-0.2, -0.15) is 4.98 Å². The second-order valence-electron chi connectivity index (χ2n) is 4.00. The molecule has 4 nitrogen and oxygen atoms in total. The number of hydrogen-bond donors (Lipinski definition) is 1. The zero-order valence-electron chi connectivity index (χ0n) is 9.97. The van der Waals surface area contributed by atoms with Gasteiger partial charge in [0.1, 0.15) is 0 Å². The predicted octanol–water partition coefficient (Wildman–Crippen LogP) is 3.01. The van der Waals surface area contributed by atoms with Gasteiger partial charge in [0, 0.05) is 21.8 Å². The van der Waals surface area contributed by atoms with Crippen molar-refractivity contribution < 1.29 is 4.52 Å². The first-order chi connectivity index (χ1) is 8.65. The number of benzene rings is 1. The van der Waals surface area contributed by atoms with Gasteiger partial charge in [0.2, 0.25) is 5.89 Å². The van der Waals surface area contributed by atoms with Crippen LogP contribution in [0.1, 0.15) is 18.6 Å². The van der Waals surface area contributed by atoms with Gasteiger partial charge in [-0.25, -0.2) is 0 Å². The molecule has 0 fully saturated rings. The van der Waals surface area contributed by atoms with Crippen molar-refractivity contribution in [1.29, 1.82) is 0 Å². The summed E-state index contributed by atoms with van der Waals surface area (Å²) in [5.41, 5.74) is 5.68. The standard InChI is InChI=1S/C12H14BrN3OS/c1-8(14)6-12-15-11(16-17-12)7-18-10-5-3-2-4-9(10)13/h2-5,8H,6-7,14H2,1H3. The summed E-state index contributed by atoms with van der Waals surface area (Å²) in [7, 11) is 0. The zero-order chi connectivity index (χ0) is 13.0. The number of thioether (sulfide) groups is 1. The van der Waals surface area contributed by atoms with Crippen molar-refractivity contribution in [3.63, 3.8) is 0 Å². The number of rotatable bonds is 5. The fourth-order valence-electron chi connectivity index (χ4n) is 1.41. The summed E-state index contributed by atoms with van der Waals surface area (Å²) in [6, 6.07) is 8.10. The summed E-state index contributed by atoms with van der Waals surface area (Å²) in [5.74, 6) is 1.99. The van der Waals surface area contributed by atoms with E-state index in [1.54, 1.807) is 11.8 Å². The highest BCUT2D eigenvalue weighted by atomic mass is 79.9. The van der Waals surface area contributed by atoms with Crippen LogP contribution in [0, 0.1) is 0 Å². The first kappa shape index (κ1) is 13.6. The second kappa shape index (κ2) is 6.36. The van der Waals surface area contributed by atoms with E-state index in [1.807, 2.05) is 25.1 Å². The molecule has 1 unspecified atom stereocenters. The maximum Gasteiger partial charge on any atom is 0.228 e. The van der Waals surface area contributed by atoms with Gasteiger partial charge >= 0.3 is 0 Å². The lowest BCUT2D eigenvalue weighted by Crippen LogP contribution is -2.17. The Balaban J connectivity index is 1.94. The van der Waals surface area contributed by atoms with Crippen LogP contribution in [0.5, 0.6) is 0 Å². The van der Waals surface area contributed by atoms with E-state index in [1.165, 1.54) is 0 Å². The molecule has 0 spiro atoms. The molecule has 96 valence electrons. The topological polar surface area (TPSA) is 64.9 Å². The van der Waals surface area contributed by atoms with Crippen LogP contribution in [-0.4, -0.2) is 16.2 Å². The normalized spacial score (nSPS) is 12.6. The van der Waals surface area contributed by atoms with Gasteiger partial charge in [-0.3, -0.25) is 0 Å². The number of nitrogens with two attached hydrogens (primary N) is 1. The summed E-state index contributed by atoms with van der Waals surface area (Å²) in [4.78, 5) is 5.46. The van der Waals surface area contributed by atoms with E-state index in [9.17, 15) is 0 Å². The van der Waals surface area contributed by atoms with Gasteiger partial charge in [0.25, 0.3) is 0 Å². The molecule has 6 heteroatoms. The molecule has 2 rings (SSSR count). The van der Waals surface area contributed by atoms with E-state index >= 15 is 0 Å². The monoisotopic (exact) mass is 327 g/mol. The Morgan fingerprint density at radius 3 is 2.94 bits per heavy atom. The van der Waals surface area contributed by atoms with Crippen LogP contribution in [0.2, 0.25) is 0 Å². The lowest BCUT2D eigenvalue weighted by molar-refractivity contribution is 0.368. The first-order valence-electron chi connectivity index (χ1n) is 5.59. The number of nitrogens with zero attached hydrogens (tertiary/aromatic N) is 2. The van der Waals surface area contributed by atoms with Gasteiger partial charge in [-0.15, -0.1) is 11.8 Å². The molecule has 1 aromatic carbocycles. The van der Waals surface area contributed by atoms with Crippen LogP contribution in [0.4, 0.5) is 0 Å². The molecule has 2 aromatic rings. The fourth-order valence-corrected chi connectivity index (χ4v) is 2.82. The van der Waals surface area contributed by atoms with Crippen LogP contribution in [-0.2, 0) is 12.2 Å². The smallest absolute Gasteiger partial charge is 0.228 e. The Hall–Kier alpha value is -0.850. The Morgan fingerprint density at radius 1 is 1.44 bits per heavy atom. The molecule has 1 atom stereocenters. The fraction of sp³-hybridized carbons (Fsp3) is 0.333. The minimum absolute atomic E-state index is 0.0363. The van der Waals surface area contributed by atoms with Crippen LogP contribution in [0.25, 0.3) is 0 Å². The Morgan fingerprint density at radius 2 is 2.22 bits per heavy atom. The van der Waals surface area contributed by atoms with Gasteiger partial charge in [-0.05, 0) is 35.0 Å². The van der Waals surface area contributed by atoms with Crippen molar-refractivity contribution in [3.8, 4) is 0 Å².